The van der Waals surface area contributed by atoms with Crippen molar-refractivity contribution in [3.05, 3.63) is 167 Å². The van der Waals surface area contributed by atoms with Gasteiger partial charge in [-0.2, -0.15) is 0 Å². The molecule has 77 heavy (non-hydrogen) atoms. The van der Waals surface area contributed by atoms with E-state index in [4.69, 9.17) is 28.4 Å². The van der Waals surface area contributed by atoms with Crippen molar-refractivity contribution in [2.75, 3.05) is 13.2 Å². The Labute approximate surface area is 451 Å². The fourth-order valence-electron chi connectivity index (χ4n) is 8.48. The molecule has 10 nitrogen and oxygen atoms in total. The summed E-state index contributed by atoms with van der Waals surface area (Å²) >= 11 is 0. The lowest BCUT2D eigenvalue weighted by Gasteiger charge is -2.10. The topological polar surface area (TPSA) is 124 Å². The highest BCUT2D eigenvalue weighted by Gasteiger charge is 2.18. The van der Waals surface area contributed by atoms with Crippen molar-refractivity contribution in [3.63, 3.8) is 0 Å². The van der Waals surface area contributed by atoms with Gasteiger partial charge in [0.2, 0.25) is 0 Å². The van der Waals surface area contributed by atoms with E-state index in [1.807, 2.05) is 0 Å². The molecule has 6 aromatic carbocycles. The second-order valence-electron chi connectivity index (χ2n) is 19.1. The van der Waals surface area contributed by atoms with Gasteiger partial charge in [-0.3, -0.25) is 0 Å². The first-order valence-electron chi connectivity index (χ1n) is 27.3. The first-order chi connectivity index (χ1) is 37.5. The molecule has 0 amide bonds. The van der Waals surface area contributed by atoms with E-state index in [1.165, 1.54) is 175 Å². The Kier molecular flexibility index (Phi) is 24.6. The van der Waals surface area contributed by atoms with Crippen LogP contribution in [0.3, 0.4) is 0 Å². The van der Waals surface area contributed by atoms with E-state index in [-0.39, 0.29) is 56.8 Å². The van der Waals surface area contributed by atoms with Crippen LogP contribution in [0, 0.1) is 17.5 Å². The fraction of sp³-hybridized carbons (Fsp3) is 0.375. The van der Waals surface area contributed by atoms with E-state index in [9.17, 15) is 32.3 Å². The Hall–Kier alpha value is -7.41. The molecule has 6 rings (SSSR count). The Balaban J connectivity index is 0.907. The van der Waals surface area contributed by atoms with E-state index < -0.39 is 41.3 Å². The van der Waals surface area contributed by atoms with Crippen molar-refractivity contribution in [1.29, 1.82) is 0 Å². The smallest absolute Gasteiger partial charge is 0.343 e. The molecule has 0 bridgehead atoms. The predicted octanol–water partition coefficient (Wildman–Crippen LogP) is 17.2. The SMILES string of the molecule is CCCCCCCCCCCCOc1ccc(C(=O)Oc2ccc(C(=O)Oc3ccc(-c4ccc(F)c(OC(=O)c5ccc(OC(=O)c6ccc(OCCCCCCCCCCCC)c(F)c6)cc5)c4)cc3)cc2)cc1F. The number of rotatable bonds is 33. The van der Waals surface area contributed by atoms with Crippen LogP contribution < -0.4 is 28.4 Å². The van der Waals surface area contributed by atoms with Gasteiger partial charge in [0.05, 0.1) is 35.5 Å². The van der Waals surface area contributed by atoms with Gasteiger partial charge in [0.15, 0.2) is 34.7 Å². The van der Waals surface area contributed by atoms with Crippen molar-refractivity contribution < 1.29 is 60.8 Å². The minimum atomic E-state index is -0.872. The van der Waals surface area contributed by atoms with E-state index in [1.54, 1.807) is 24.3 Å². The summed E-state index contributed by atoms with van der Waals surface area (Å²) < 4.78 is 77.6. The van der Waals surface area contributed by atoms with E-state index in [2.05, 4.69) is 13.8 Å². The highest BCUT2D eigenvalue weighted by Crippen LogP contribution is 2.30. The molecule has 0 saturated carbocycles. The summed E-state index contributed by atoms with van der Waals surface area (Å²) in [5.41, 5.74) is 1.29. The van der Waals surface area contributed by atoms with Crippen molar-refractivity contribution in [2.45, 2.75) is 142 Å². The Bertz CT molecular complexity index is 2790. The third-order valence-electron chi connectivity index (χ3n) is 13.0. The minimum Gasteiger partial charge on any atom is -0.491 e. The first-order valence-corrected chi connectivity index (χ1v) is 27.3. The summed E-state index contributed by atoms with van der Waals surface area (Å²) in [5.74, 6) is -5.05. The largest absolute Gasteiger partial charge is 0.491 e. The highest BCUT2D eigenvalue weighted by atomic mass is 19.1. The Morgan fingerprint density at radius 1 is 0.312 bits per heavy atom. The summed E-state index contributed by atoms with van der Waals surface area (Å²) in [6.07, 6.45) is 23.6. The lowest BCUT2D eigenvalue weighted by Crippen LogP contribution is -2.11. The average molecular weight is 1060 g/mol. The van der Waals surface area contributed by atoms with Crippen LogP contribution in [0.25, 0.3) is 11.1 Å². The maximum absolute atomic E-state index is 14.9. The van der Waals surface area contributed by atoms with Crippen molar-refractivity contribution >= 4 is 23.9 Å². The van der Waals surface area contributed by atoms with Gasteiger partial charge >= 0.3 is 23.9 Å². The van der Waals surface area contributed by atoms with Gasteiger partial charge in [0.1, 0.15) is 17.2 Å². The predicted molar refractivity (Wildman–Crippen MR) is 292 cm³/mol. The van der Waals surface area contributed by atoms with Crippen LogP contribution >= 0.6 is 0 Å². The van der Waals surface area contributed by atoms with Crippen LogP contribution in [-0.4, -0.2) is 37.1 Å². The number of benzene rings is 6. The summed E-state index contributed by atoms with van der Waals surface area (Å²) in [6.45, 7) is 5.20. The van der Waals surface area contributed by atoms with Gasteiger partial charge < -0.3 is 28.4 Å². The van der Waals surface area contributed by atoms with Gasteiger partial charge in [-0.1, -0.05) is 148 Å². The summed E-state index contributed by atoms with van der Waals surface area (Å²) in [4.78, 5) is 51.8. The molecule has 13 heteroatoms. The summed E-state index contributed by atoms with van der Waals surface area (Å²) in [5, 5.41) is 0. The number of halogens is 3. The van der Waals surface area contributed by atoms with Crippen LogP contribution in [0.1, 0.15) is 184 Å². The zero-order chi connectivity index (χ0) is 54.6. The molecule has 0 unspecified atom stereocenters. The fourth-order valence-corrected chi connectivity index (χ4v) is 8.48. The minimum absolute atomic E-state index is 0.00219. The number of hydrogen-bond donors (Lipinski definition) is 0. The molecule has 0 fully saturated rings. The molecule has 0 radical (unpaired) electrons. The monoisotopic (exact) mass is 1060 g/mol. The number of carbonyl (C=O) groups is 4. The van der Waals surface area contributed by atoms with Crippen LogP contribution in [0.5, 0.6) is 34.5 Å². The standard InChI is InChI=1S/C64H71F3O10/c1-3-5-7-9-11-13-15-17-19-21-41-72-58-39-30-50(43-56(58)66)63(70)75-53-34-25-47(26-35-53)61(68)74-52-32-23-46(24-33-52)49-29-38-55(65)60(45-49)77-62(69)48-27-36-54(37-28-48)76-64(71)51-31-40-59(57(67)44-51)73-42-22-20-18-16-14-12-10-8-6-4-2/h23-40,43-45H,3-22,41-42H2,1-2H3. The zero-order valence-electron chi connectivity index (χ0n) is 44.4. The first kappa shape index (κ1) is 58.8. The van der Waals surface area contributed by atoms with E-state index in [0.717, 1.165) is 56.7 Å². The third-order valence-corrected chi connectivity index (χ3v) is 13.0. The number of carbonyl (C=O) groups excluding carboxylic acids is 4. The van der Waals surface area contributed by atoms with Gasteiger partial charge in [-0.25, -0.2) is 32.3 Å². The lowest BCUT2D eigenvalue weighted by molar-refractivity contribution is 0.0717. The molecule has 0 aromatic heterocycles. The zero-order valence-corrected chi connectivity index (χ0v) is 44.4. The molecule has 408 valence electrons. The number of unbranched alkanes of at least 4 members (excludes halogenated alkanes) is 18. The number of esters is 4. The molecule has 0 aliphatic heterocycles. The molecule has 6 aromatic rings. The van der Waals surface area contributed by atoms with Crippen LogP contribution in [0.4, 0.5) is 13.2 Å². The molecule has 0 spiro atoms. The van der Waals surface area contributed by atoms with E-state index >= 15 is 0 Å². The molecular formula is C64H71F3O10. The van der Waals surface area contributed by atoms with Crippen LogP contribution in [0.15, 0.2) is 127 Å². The molecule has 0 saturated heterocycles. The van der Waals surface area contributed by atoms with Gasteiger partial charge in [-0.15, -0.1) is 0 Å². The van der Waals surface area contributed by atoms with Crippen LogP contribution in [0.2, 0.25) is 0 Å². The Morgan fingerprint density at radius 3 is 1.03 bits per heavy atom. The number of ether oxygens (including phenoxy) is 6. The molecule has 0 N–H and O–H groups in total. The summed E-state index contributed by atoms with van der Waals surface area (Å²) in [6, 6.07) is 29.3. The molecule has 0 atom stereocenters. The lowest BCUT2D eigenvalue weighted by atomic mass is 10.1. The van der Waals surface area contributed by atoms with Crippen molar-refractivity contribution in [3.8, 4) is 45.6 Å². The number of hydrogen-bond acceptors (Lipinski definition) is 10. The second-order valence-corrected chi connectivity index (χ2v) is 19.1. The van der Waals surface area contributed by atoms with Gasteiger partial charge in [0.25, 0.3) is 0 Å². The molecule has 0 heterocycles. The maximum Gasteiger partial charge on any atom is 0.343 e. The van der Waals surface area contributed by atoms with Crippen LogP contribution in [-0.2, 0) is 0 Å². The second kappa shape index (κ2) is 32.2. The summed E-state index contributed by atoms with van der Waals surface area (Å²) in [7, 11) is 0. The van der Waals surface area contributed by atoms with E-state index in [0.29, 0.717) is 24.3 Å². The Morgan fingerprint density at radius 2 is 0.636 bits per heavy atom. The maximum atomic E-state index is 14.9. The van der Waals surface area contributed by atoms with Crippen molar-refractivity contribution in [2.24, 2.45) is 0 Å². The third kappa shape index (κ3) is 19.9. The normalized spacial score (nSPS) is 11.0. The quantitative estimate of drug-likeness (QED) is 0.0224. The van der Waals surface area contributed by atoms with Gasteiger partial charge in [-0.05, 0) is 133 Å². The van der Waals surface area contributed by atoms with Gasteiger partial charge in [0, 0.05) is 0 Å². The van der Waals surface area contributed by atoms with Crippen molar-refractivity contribution in [1.82, 2.24) is 0 Å². The average Bonchev–Trinajstić information content (AvgIpc) is 3.43. The molecular weight excluding hydrogens is 986 g/mol. The highest BCUT2D eigenvalue weighted by molar-refractivity contribution is 5.94. The molecule has 0 aliphatic carbocycles. The molecule has 0 aliphatic rings.